The highest BCUT2D eigenvalue weighted by molar-refractivity contribution is 7.99. The second kappa shape index (κ2) is 9.89. The highest BCUT2D eigenvalue weighted by atomic mass is 32.2. The van der Waals surface area contributed by atoms with E-state index >= 15 is 0 Å². The predicted molar refractivity (Wildman–Crippen MR) is 110 cm³/mol. The summed E-state index contributed by atoms with van der Waals surface area (Å²) >= 11 is 0.515. The van der Waals surface area contributed by atoms with Crippen molar-refractivity contribution in [3.63, 3.8) is 0 Å². The van der Waals surface area contributed by atoms with E-state index in [1.165, 1.54) is 5.56 Å². The lowest BCUT2D eigenvalue weighted by Crippen LogP contribution is -2.51. The van der Waals surface area contributed by atoms with Crippen LogP contribution in [0.5, 0.6) is 0 Å². The van der Waals surface area contributed by atoms with Crippen molar-refractivity contribution in [2.45, 2.75) is 30.2 Å². The Hall–Kier alpha value is -2.12. The fraction of sp³-hybridized carbons (Fsp3) is 0.381. The first-order chi connectivity index (χ1) is 13.5. The molecule has 0 spiro atoms. The fourth-order valence-corrected chi connectivity index (χ4v) is 3.79. The molecule has 0 radical (unpaired) electrons. The molecule has 28 heavy (non-hydrogen) atoms. The lowest BCUT2D eigenvalue weighted by atomic mass is 10.2. The number of thioether (sulfide) groups is 1. The van der Waals surface area contributed by atoms with Crippen LogP contribution in [-0.2, 0) is 11.3 Å². The molecule has 1 heterocycles. The Bertz CT molecular complexity index is 750. The summed E-state index contributed by atoms with van der Waals surface area (Å²) in [5.41, 5.74) is 2.04. The minimum absolute atomic E-state index is 0.0605. The number of carbonyl (C=O) groups excluding carboxylic acids is 1. The lowest BCUT2D eigenvalue weighted by molar-refractivity contribution is -0.133. The van der Waals surface area contributed by atoms with Crippen LogP contribution in [-0.4, -0.2) is 53.7 Å². The van der Waals surface area contributed by atoms with Crippen molar-refractivity contribution in [3.8, 4) is 0 Å². The highest BCUT2D eigenvalue weighted by Gasteiger charge is 2.24. The molecule has 150 valence electrons. The third kappa shape index (κ3) is 5.94. The number of benzene rings is 2. The number of halogens is 2. The van der Waals surface area contributed by atoms with Crippen LogP contribution >= 0.6 is 11.8 Å². The van der Waals surface area contributed by atoms with Crippen molar-refractivity contribution in [2.24, 2.45) is 0 Å². The molecule has 1 atom stereocenters. The van der Waals surface area contributed by atoms with Gasteiger partial charge in [-0.05, 0) is 36.8 Å². The van der Waals surface area contributed by atoms with Gasteiger partial charge in [-0.15, -0.1) is 0 Å². The number of nitrogens with one attached hydrogen (secondary N) is 1. The maximum Gasteiger partial charge on any atom is 0.288 e. The number of nitrogens with zero attached hydrogens (tertiary/aromatic N) is 2. The Balaban J connectivity index is 1.46. The van der Waals surface area contributed by atoms with Crippen LogP contribution in [0.4, 0.5) is 14.5 Å². The summed E-state index contributed by atoms with van der Waals surface area (Å²) in [5, 5.41) is 3.17. The monoisotopic (exact) mass is 405 g/mol. The molecule has 2 aromatic rings. The number of carbonyl (C=O) groups is 1. The van der Waals surface area contributed by atoms with Gasteiger partial charge in [-0.3, -0.25) is 9.69 Å². The summed E-state index contributed by atoms with van der Waals surface area (Å²) < 4.78 is 24.8. The van der Waals surface area contributed by atoms with Gasteiger partial charge < -0.3 is 10.2 Å². The molecule has 3 rings (SSSR count). The molecule has 0 unspecified atom stereocenters. The maximum absolute atomic E-state index is 12.7. The largest absolute Gasteiger partial charge is 0.374 e. The highest BCUT2D eigenvalue weighted by Crippen LogP contribution is 2.26. The Kier molecular flexibility index (Phi) is 7.28. The summed E-state index contributed by atoms with van der Waals surface area (Å²) in [6.07, 6.45) is 0. The van der Waals surface area contributed by atoms with Crippen molar-refractivity contribution in [2.75, 3.05) is 31.5 Å². The second-order valence-electron chi connectivity index (χ2n) is 6.86. The molecule has 0 saturated carbocycles. The van der Waals surface area contributed by atoms with Crippen LogP contribution in [0.3, 0.4) is 0 Å². The molecule has 4 nitrogen and oxygen atoms in total. The standard InChI is InChI=1S/C21H25F2N3OS/c1-16(24-18-7-9-19(10-8-18)28-21(22)23)20(27)26-13-11-25(12-14-26)15-17-5-3-2-4-6-17/h2-10,16,21,24H,11-15H2,1H3/t16-/m0/s1. The van der Waals surface area contributed by atoms with Crippen LogP contribution in [0.1, 0.15) is 12.5 Å². The molecule has 0 aromatic heterocycles. The van der Waals surface area contributed by atoms with Crippen molar-refractivity contribution in [1.82, 2.24) is 9.80 Å². The Morgan fingerprint density at radius 2 is 1.68 bits per heavy atom. The minimum atomic E-state index is -2.43. The molecule has 1 N–H and O–H groups in total. The average Bonchev–Trinajstić information content (AvgIpc) is 2.70. The number of anilines is 1. The molecule has 7 heteroatoms. The molecular formula is C21H25F2N3OS. The number of rotatable bonds is 7. The van der Waals surface area contributed by atoms with Gasteiger partial charge in [0.15, 0.2) is 0 Å². The van der Waals surface area contributed by atoms with Gasteiger partial charge >= 0.3 is 0 Å². The molecule has 1 aliphatic heterocycles. The van der Waals surface area contributed by atoms with Crippen LogP contribution < -0.4 is 5.32 Å². The van der Waals surface area contributed by atoms with E-state index in [4.69, 9.17) is 0 Å². The summed E-state index contributed by atoms with van der Waals surface area (Å²) in [6.45, 7) is 5.86. The number of piperazine rings is 1. The predicted octanol–water partition coefficient (Wildman–Crippen LogP) is 4.15. The van der Waals surface area contributed by atoms with Crippen LogP contribution in [0.2, 0.25) is 0 Å². The number of hydrogen-bond acceptors (Lipinski definition) is 4. The van der Waals surface area contributed by atoms with E-state index < -0.39 is 5.76 Å². The molecule has 0 bridgehead atoms. The normalized spacial score (nSPS) is 16.2. The summed E-state index contributed by atoms with van der Waals surface area (Å²) in [4.78, 5) is 17.5. The zero-order valence-corrected chi connectivity index (χ0v) is 16.7. The number of alkyl halides is 2. The topological polar surface area (TPSA) is 35.6 Å². The van der Waals surface area contributed by atoms with Gasteiger partial charge in [-0.2, -0.15) is 8.78 Å². The van der Waals surface area contributed by atoms with Crippen molar-refractivity contribution in [3.05, 3.63) is 60.2 Å². The van der Waals surface area contributed by atoms with Crippen LogP contribution in [0, 0.1) is 0 Å². The fourth-order valence-electron chi connectivity index (χ4n) is 3.29. The van der Waals surface area contributed by atoms with Gasteiger partial charge in [-0.1, -0.05) is 42.1 Å². The molecule has 1 aliphatic rings. The van der Waals surface area contributed by atoms with Gasteiger partial charge in [0.1, 0.15) is 6.04 Å². The van der Waals surface area contributed by atoms with Gasteiger partial charge in [0, 0.05) is 43.3 Å². The maximum atomic E-state index is 12.7. The zero-order valence-electron chi connectivity index (χ0n) is 15.9. The number of hydrogen-bond donors (Lipinski definition) is 1. The summed E-state index contributed by atoms with van der Waals surface area (Å²) in [7, 11) is 0. The summed E-state index contributed by atoms with van der Waals surface area (Å²) in [6, 6.07) is 16.7. The Morgan fingerprint density at radius 1 is 1.04 bits per heavy atom. The molecule has 0 aliphatic carbocycles. The van der Waals surface area contributed by atoms with Gasteiger partial charge in [0.2, 0.25) is 5.91 Å². The van der Waals surface area contributed by atoms with E-state index in [1.807, 2.05) is 30.0 Å². The molecule has 1 fully saturated rings. The van der Waals surface area contributed by atoms with E-state index in [9.17, 15) is 13.6 Å². The quantitative estimate of drug-likeness (QED) is 0.702. The second-order valence-corrected chi connectivity index (χ2v) is 7.92. The van der Waals surface area contributed by atoms with Gasteiger partial charge in [0.25, 0.3) is 5.76 Å². The van der Waals surface area contributed by atoms with Crippen molar-refractivity contribution < 1.29 is 13.6 Å². The third-order valence-electron chi connectivity index (χ3n) is 4.77. The molecular weight excluding hydrogens is 380 g/mol. The van der Waals surface area contributed by atoms with E-state index in [2.05, 4.69) is 22.3 Å². The molecule has 1 amide bonds. The average molecular weight is 406 g/mol. The molecule has 2 aromatic carbocycles. The number of amides is 1. The minimum Gasteiger partial charge on any atom is -0.374 e. The SMILES string of the molecule is C[C@H](Nc1ccc(SC(F)F)cc1)C(=O)N1CCN(Cc2ccccc2)CC1. The van der Waals surface area contributed by atoms with Gasteiger partial charge in [-0.25, -0.2) is 0 Å². The first-order valence-corrected chi connectivity index (χ1v) is 10.3. The van der Waals surface area contributed by atoms with E-state index in [0.29, 0.717) is 29.7 Å². The van der Waals surface area contributed by atoms with Gasteiger partial charge in [0.05, 0.1) is 0 Å². The molecule has 1 saturated heterocycles. The Labute approximate surface area is 168 Å². The van der Waals surface area contributed by atoms with Crippen molar-refractivity contribution in [1.29, 1.82) is 0 Å². The van der Waals surface area contributed by atoms with Crippen LogP contribution in [0.25, 0.3) is 0 Å². The Morgan fingerprint density at radius 3 is 2.29 bits per heavy atom. The first kappa shape index (κ1) is 20.6. The zero-order chi connectivity index (χ0) is 19.9. The van der Waals surface area contributed by atoms with E-state index in [-0.39, 0.29) is 11.9 Å². The lowest BCUT2D eigenvalue weighted by Gasteiger charge is -2.36. The van der Waals surface area contributed by atoms with E-state index in [0.717, 1.165) is 25.3 Å². The van der Waals surface area contributed by atoms with Crippen LogP contribution in [0.15, 0.2) is 59.5 Å². The van der Waals surface area contributed by atoms with Crippen molar-refractivity contribution >= 4 is 23.4 Å². The smallest absolute Gasteiger partial charge is 0.288 e. The van der Waals surface area contributed by atoms with E-state index in [1.54, 1.807) is 24.3 Å². The summed E-state index contributed by atoms with van der Waals surface area (Å²) in [5.74, 6) is -2.37. The first-order valence-electron chi connectivity index (χ1n) is 9.38. The third-order valence-corrected chi connectivity index (χ3v) is 5.49.